The fraction of sp³-hybridized carbons (Fsp3) is 0.300. The van der Waals surface area contributed by atoms with Gasteiger partial charge in [0.05, 0.1) is 5.69 Å². The van der Waals surface area contributed by atoms with E-state index >= 15 is 0 Å². The van der Waals surface area contributed by atoms with Crippen molar-refractivity contribution < 1.29 is 14.3 Å². The zero-order valence-electron chi connectivity index (χ0n) is 16.0. The Labute approximate surface area is 168 Å². The number of hydrogen-bond donors (Lipinski definition) is 1. The predicted molar refractivity (Wildman–Crippen MR) is 107 cm³/mol. The molecule has 1 N–H and O–H groups in total. The number of aryl methyl sites for hydroxylation is 1. The number of nitrogens with one attached hydrogen (secondary N) is 1. The van der Waals surface area contributed by atoms with Gasteiger partial charge in [0, 0.05) is 24.1 Å². The number of esters is 1. The molecule has 0 aliphatic carbocycles. The van der Waals surface area contributed by atoms with Crippen molar-refractivity contribution in [2.45, 2.75) is 33.7 Å². The molecule has 8 heteroatoms. The highest BCUT2D eigenvalue weighted by atomic mass is 35.5. The zero-order chi connectivity index (χ0) is 20.7. The molecule has 7 nitrogen and oxygen atoms in total. The SMILES string of the molecule is CCCn1c(C)cc(/C=C(\C#N)C(=O)OCC(=O)Nc2cccnc2Cl)c1C. The molecule has 0 saturated carbocycles. The Bertz CT molecular complexity index is 957. The Balaban J connectivity index is 2.05. The highest BCUT2D eigenvalue weighted by Crippen LogP contribution is 2.19. The van der Waals surface area contributed by atoms with Crippen LogP contribution in [-0.2, 0) is 20.9 Å². The fourth-order valence-electron chi connectivity index (χ4n) is 2.71. The van der Waals surface area contributed by atoms with Crippen LogP contribution >= 0.6 is 11.6 Å². The van der Waals surface area contributed by atoms with Crippen molar-refractivity contribution in [3.63, 3.8) is 0 Å². The molecule has 0 atom stereocenters. The van der Waals surface area contributed by atoms with Crippen molar-refractivity contribution in [2.75, 3.05) is 11.9 Å². The van der Waals surface area contributed by atoms with Gasteiger partial charge in [0.1, 0.15) is 11.6 Å². The van der Waals surface area contributed by atoms with Crippen LogP contribution in [0.2, 0.25) is 5.15 Å². The Morgan fingerprint density at radius 1 is 1.43 bits per heavy atom. The number of pyridine rings is 1. The number of anilines is 1. The number of nitrogens with zero attached hydrogens (tertiary/aromatic N) is 3. The summed E-state index contributed by atoms with van der Waals surface area (Å²) in [5.41, 5.74) is 2.91. The van der Waals surface area contributed by atoms with E-state index in [0.717, 1.165) is 29.9 Å². The van der Waals surface area contributed by atoms with Crippen molar-refractivity contribution in [3.8, 4) is 6.07 Å². The molecule has 2 rings (SSSR count). The fourth-order valence-corrected chi connectivity index (χ4v) is 2.87. The number of halogens is 1. The average Bonchev–Trinajstić information content (AvgIpc) is 2.93. The molecule has 0 aliphatic heterocycles. The number of aromatic nitrogens is 2. The summed E-state index contributed by atoms with van der Waals surface area (Å²) in [7, 11) is 0. The van der Waals surface area contributed by atoms with Crippen LogP contribution < -0.4 is 5.32 Å². The van der Waals surface area contributed by atoms with Gasteiger partial charge in [-0.25, -0.2) is 9.78 Å². The van der Waals surface area contributed by atoms with Gasteiger partial charge in [-0.2, -0.15) is 5.26 Å². The van der Waals surface area contributed by atoms with E-state index in [1.165, 1.54) is 12.3 Å². The van der Waals surface area contributed by atoms with E-state index in [4.69, 9.17) is 16.3 Å². The maximum atomic E-state index is 12.2. The van der Waals surface area contributed by atoms with E-state index in [9.17, 15) is 14.9 Å². The van der Waals surface area contributed by atoms with Gasteiger partial charge in [0.2, 0.25) is 0 Å². The molecule has 2 aromatic rings. The number of nitriles is 1. The number of ether oxygens (including phenoxy) is 1. The summed E-state index contributed by atoms with van der Waals surface area (Å²) in [6.07, 6.45) is 3.94. The summed E-state index contributed by atoms with van der Waals surface area (Å²) in [5, 5.41) is 11.9. The van der Waals surface area contributed by atoms with Gasteiger partial charge in [-0.1, -0.05) is 18.5 Å². The molecule has 0 bridgehead atoms. The molecule has 146 valence electrons. The molecule has 0 spiro atoms. The molecule has 2 heterocycles. The third-order valence-corrected chi connectivity index (χ3v) is 4.37. The molecule has 0 aliphatic rings. The standard InChI is InChI=1S/C20H21ClN4O3/c1-4-8-25-13(2)9-15(14(25)3)10-16(11-22)20(27)28-12-18(26)24-17-6-5-7-23-19(17)21/h5-7,9-10H,4,8,12H2,1-3H3,(H,24,26)/b16-10+. The molecule has 0 unspecified atom stereocenters. The molecule has 0 aromatic carbocycles. The Hall–Kier alpha value is -3.11. The molecule has 0 saturated heterocycles. The van der Waals surface area contributed by atoms with Crippen molar-refractivity contribution in [2.24, 2.45) is 0 Å². The van der Waals surface area contributed by atoms with Crippen molar-refractivity contribution in [1.82, 2.24) is 9.55 Å². The van der Waals surface area contributed by atoms with E-state index in [1.807, 2.05) is 26.0 Å². The van der Waals surface area contributed by atoms with Crippen LogP contribution in [0.5, 0.6) is 0 Å². The van der Waals surface area contributed by atoms with Gasteiger partial charge in [-0.05, 0) is 50.1 Å². The topological polar surface area (TPSA) is 97.0 Å². The largest absolute Gasteiger partial charge is 0.451 e. The molecule has 2 aromatic heterocycles. The Kier molecular flexibility index (Phi) is 7.36. The number of carbonyl (C=O) groups is 2. The second kappa shape index (κ2) is 9.72. The van der Waals surface area contributed by atoms with E-state index < -0.39 is 18.5 Å². The predicted octanol–water partition coefficient (Wildman–Crippen LogP) is 3.65. The first-order valence-corrected chi connectivity index (χ1v) is 9.11. The van der Waals surface area contributed by atoms with E-state index in [1.54, 1.807) is 12.1 Å². The molecular formula is C20H21ClN4O3. The zero-order valence-corrected chi connectivity index (χ0v) is 16.7. The lowest BCUT2D eigenvalue weighted by molar-refractivity contribution is -0.142. The minimum atomic E-state index is -0.866. The average molecular weight is 401 g/mol. The van der Waals surface area contributed by atoms with Crippen LogP contribution in [0.3, 0.4) is 0 Å². The van der Waals surface area contributed by atoms with Gasteiger partial charge in [-0.3, -0.25) is 4.79 Å². The van der Waals surface area contributed by atoms with Gasteiger partial charge in [0.15, 0.2) is 11.8 Å². The van der Waals surface area contributed by atoms with Crippen LogP contribution in [0.25, 0.3) is 6.08 Å². The molecule has 0 fully saturated rings. The van der Waals surface area contributed by atoms with Crippen molar-refractivity contribution in [1.29, 1.82) is 5.26 Å². The maximum absolute atomic E-state index is 12.2. The molecule has 1 amide bonds. The van der Waals surface area contributed by atoms with Crippen LogP contribution in [-0.4, -0.2) is 28.0 Å². The van der Waals surface area contributed by atoms with Crippen LogP contribution in [0.1, 0.15) is 30.3 Å². The van der Waals surface area contributed by atoms with Gasteiger partial charge < -0.3 is 14.6 Å². The lowest BCUT2D eigenvalue weighted by atomic mass is 10.1. The van der Waals surface area contributed by atoms with Gasteiger partial charge in [-0.15, -0.1) is 0 Å². The monoisotopic (exact) mass is 400 g/mol. The van der Waals surface area contributed by atoms with Crippen molar-refractivity contribution in [3.05, 3.63) is 52.1 Å². The minimum Gasteiger partial charge on any atom is -0.451 e. The number of hydrogen-bond acceptors (Lipinski definition) is 5. The minimum absolute atomic E-state index is 0.127. The molecule has 0 radical (unpaired) electrons. The summed E-state index contributed by atoms with van der Waals surface area (Å²) >= 11 is 5.86. The van der Waals surface area contributed by atoms with E-state index in [-0.39, 0.29) is 10.7 Å². The lowest BCUT2D eigenvalue weighted by Crippen LogP contribution is -2.21. The first-order valence-electron chi connectivity index (χ1n) is 8.73. The quantitative estimate of drug-likeness (QED) is 0.331. The highest BCUT2D eigenvalue weighted by molar-refractivity contribution is 6.32. The number of amides is 1. The molecule has 28 heavy (non-hydrogen) atoms. The van der Waals surface area contributed by atoms with Gasteiger partial charge in [0.25, 0.3) is 5.91 Å². The summed E-state index contributed by atoms with van der Waals surface area (Å²) in [6, 6.07) is 6.93. The normalized spacial score (nSPS) is 11.0. The van der Waals surface area contributed by atoms with Crippen molar-refractivity contribution >= 4 is 35.2 Å². The van der Waals surface area contributed by atoms with Crippen LogP contribution in [0, 0.1) is 25.2 Å². The summed E-state index contributed by atoms with van der Waals surface area (Å²) in [6.45, 7) is 6.29. The van der Waals surface area contributed by atoms with Crippen LogP contribution in [0.15, 0.2) is 30.0 Å². The lowest BCUT2D eigenvalue weighted by Gasteiger charge is -2.08. The molecular weight excluding hydrogens is 380 g/mol. The second-order valence-electron chi connectivity index (χ2n) is 6.11. The highest BCUT2D eigenvalue weighted by Gasteiger charge is 2.16. The van der Waals surface area contributed by atoms with E-state index in [0.29, 0.717) is 5.69 Å². The first kappa shape index (κ1) is 21.2. The smallest absolute Gasteiger partial charge is 0.349 e. The summed E-state index contributed by atoms with van der Waals surface area (Å²) in [4.78, 5) is 28.0. The van der Waals surface area contributed by atoms with E-state index in [2.05, 4.69) is 21.8 Å². The van der Waals surface area contributed by atoms with Crippen LogP contribution in [0.4, 0.5) is 5.69 Å². The number of rotatable bonds is 7. The van der Waals surface area contributed by atoms with Gasteiger partial charge >= 0.3 is 5.97 Å². The third-order valence-electron chi connectivity index (χ3n) is 4.07. The first-order chi connectivity index (χ1) is 13.4. The summed E-state index contributed by atoms with van der Waals surface area (Å²) in [5.74, 6) is -1.45. The third kappa shape index (κ3) is 5.21. The Morgan fingerprint density at radius 3 is 2.82 bits per heavy atom. The Morgan fingerprint density at radius 2 is 2.18 bits per heavy atom. The maximum Gasteiger partial charge on any atom is 0.349 e. The summed E-state index contributed by atoms with van der Waals surface area (Å²) < 4.78 is 7.08. The second-order valence-corrected chi connectivity index (χ2v) is 6.47. The number of carbonyl (C=O) groups excluding carboxylic acids is 2.